The van der Waals surface area contributed by atoms with Crippen LogP contribution in [0.2, 0.25) is 0 Å². The highest BCUT2D eigenvalue weighted by Gasteiger charge is 2.52. The molecule has 0 atom stereocenters. The minimum Gasteiger partial charge on any atom is -0.482 e. The van der Waals surface area contributed by atoms with Gasteiger partial charge in [0.05, 0.1) is 18.3 Å². The van der Waals surface area contributed by atoms with Crippen molar-refractivity contribution in [1.29, 1.82) is 0 Å². The Kier molecular flexibility index (Phi) is 4.30. The first kappa shape index (κ1) is 15.9. The van der Waals surface area contributed by atoms with Gasteiger partial charge in [-0.3, -0.25) is 0 Å². The molecule has 21 heavy (non-hydrogen) atoms. The molecule has 0 aliphatic carbocycles. The zero-order valence-corrected chi connectivity index (χ0v) is 13.1. The van der Waals surface area contributed by atoms with Gasteiger partial charge in [-0.2, -0.15) is 0 Å². The number of para-hydroxylation sites is 1. The van der Waals surface area contributed by atoms with Gasteiger partial charge in [0, 0.05) is 5.46 Å². The minimum absolute atomic E-state index is 0.146. The number of carbonyl (C=O) groups is 1. The van der Waals surface area contributed by atoms with Crippen LogP contribution in [0.15, 0.2) is 24.3 Å². The van der Waals surface area contributed by atoms with Crippen molar-refractivity contribution in [2.24, 2.45) is 0 Å². The van der Waals surface area contributed by atoms with Gasteiger partial charge in [0.2, 0.25) is 0 Å². The third-order valence-corrected chi connectivity index (χ3v) is 4.00. The van der Waals surface area contributed by atoms with Crippen molar-refractivity contribution < 1.29 is 23.6 Å². The van der Waals surface area contributed by atoms with E-state index < -0.39 is 24.3 Å². The van der Waals surface area contributed by atoms with Crippen molar-refractivity contribution in [3.05, 3.63) is 24.3 Å². The van der Waals surface area contributed by atoms with Crippen LogP contribution < -0.4 is 10.2 Å². The SMILES string of the molecule is COC(=O)COc1ccccc1B1OC(C)(C)C(C)(C)O1. The molecule has 1 aliphatic rings. The monoisotopic (exact) mass is 292 g/mol. The van der Waals surface area contributed by atoms with Crippen LogP contribution in [0.25, 0.3) is 0 Å². The summed E-state index contributed by atoms with van der Waals surface area (Å²) >= 11 is 0. The first-order chi connectivity index (χ1) is 9.77. The molecule has 0 amide bonds. The van der Waals surface area contributed by atoms with Gasteiger partial charge in [0.25, 0.3) is 0 Å². The second-order valence-electron chi connectivity index (χ2n) is 5.99. The number of esters is 1. The molecule has 2 rings (SSSR count). The Morgan fingerprint density at radius 2 is 1.71 bits per heavy atom. The van der Waals surface area contributed by atoms with E-state index in [0.717, 1.165) is 5.46 Å². The summed E-state index contributed by atoms with van der Waals surface area (Å²) in [5.74, 6) is 0.125. The Morgan fingerprint density at radius 1 is 1.14 bits per heavy atom. The summed E-state index contributed by atoms with van der Waals surface area (Å²) in [6.07, 6.45) is 0. The largest absolute Gasteiger partial charge is 0.498 e. The van der Waals surface area contributed by atoms with E-state index in [4.69, 9.17) is 14.0 Å². The average molecular weight is 292 g/mol. The number of hydrogen-bond donors (Lipinski definition) is 0. The maximum Gasteiger partial charge on any atom is 0.498 e. The number of hydrogen-bond acceptors (Lipinski definition) is 5. The number of benzene rings is 1. The molecule has 0 aromatic heterocycles. The lowest BCUT2D eigenvalue weighted by Crippen LogP contribution is -2.41. The Morgan fingerprint density at radius 3 is 2.29 bits per heavy atom. The first-order valence-corrected chi connectivity index (χ1v) is 6.91. The predicted octanol–water partition coefficient (Wildman–Crippen LogP) is 1.54. The molecule has 1 aromatic carbocycles. The number of rotatable bonds is 4. The van der Waals surface area contributed by atoms with Crippen LogP contribution >= 0.6 is 0 Å². The molecule has 0 saturated carbocycles. The van der Waals surface area contributed by atoms with Gasteiger partial charge < -0.3 is 18.8 Å². The van der Waals surface area contributed by atoms with E-state index in [0.29, 0.717) is 5.75 Å². The van der Waals surface area contributed by atoms with Crippen LogP contribution in [0.4, 0.5) is 0 Å². The minimum atomic E-state index is -0.524. The van der Waals surface area contributed by atoms with Crippen molar-refractivity contribution in [3.8, 4) is 5.75 Å². The van der Waals surface area contributed by atoms with Gasteiger partial charge in [-0.25, -0.2) is 4.79 Å². The normalized spacial score (nSPS) is 19.4. The molecule has 0 bridgehead atoms. The summed E-state index contributed by atoms with van der Waals surface area (Å²) in [6, 6.07) is 7.37. The van der Waals surface area contributed by atoms with Gasteiger partial charge in [-0.15, -0.1) is 0 Å². The van der Waals surface area contributed by atoms with Gasteiger partial charge in [0.15, 0.2) is 6.61 Å². The summed E-state index contributed by atoms with van der Waals surface area (Å²) in [4.78, 5) is 11.2. The van der Waals surface area contributed by atoms with Crippen molar-refractivity contribution in [2.45, 2.75) is 38.9 Å². The summed E-state index contributed by atoms with van der Waals surface area (Å²) in [6.45, 7) is 7.82. The lowest BCUT2D eigenvalue weighted by atomic mass is 9.78. The van der Waals surface area contributed by atoms with Gasteiger partial charge >= 0.3 is 13.1 Å². The molecule has 114 valence electrons. The highest BCUT2D eigenvalue weighted by molar-refractivity contribution is 6.63. The molecule has 1 fully saturated rings. The van der Waals surface area contributed by atoms with Crippen molar-refractivity contribution >= 4 is 18.6 Å². The smallest absolute Gasteiger partial charge is 0.482 e. The molecule has 0 unspecified atom stereocenters. The summed E-state index contributed by atoms with van der Waals surface area (Å²) in [5.41, 5.74) is -0.0830. The van der Waals surface area contributed by atoms with Crippen LogP contribution in [0.3, 0.4) is 0 Å². The molecule has 5 nitrogen and oxygen atoms in total. The third kappa shape index (κ3) is 3.22. The Balaban J connectivity index is 2.20. The molecule has 0 N–H and O–H groups in total. The molecule has 1 heterocycles. The quantitative estimate of drug-likeness (QED) is 0.622. The number of carbonyl (C=O) groups excluding carboxylic acids is 1. The Labute approximate surface area is 125 Å². The summed E-state index contributed by atoms with van der Waals surface area (Å²) < 4.78 is 22.1. The van der Waals surface area contributed by atoms with E-state index >= 15 is 0 Å². The fourth-order valence-electron chi connectivity index (χ4n) is 1.97. The topological polar surface area (TPSA) is 54.0 Å². The molecular formula is C15H21BO5. The Hall–Kier alpha value is -1.53. The van der Waals surface area contributed by atoms with Crippen LogP contribution in [0.5, 0.6) is 5.75 Å². The van der Waals surface area contributed by atoms with Gasteiger partial charge in [0.1, 0.15) is 5.75 Å². The van der Waals surface area contributed by atoms with Crippen molar-refractivity contribution in [3.63, 3.8) is 0 Å². The van der Waals surface area contributed by atoms with Crippen molar-refractivity contribution in [1.82, 2.24) is 0 Å². The van der Waals surface area contributed by atoms with E-state index in [9.17, 15) is 4.79 Å². The van der Waals surface area contributed by atoms with E-state index in [1.165, 1.54) is 7.11 Å². The highest BCUT2D eigenvalue weighted by atomic mass is 16.7. The first-order valence-electron chi connectivity index (χ1n) is 6.91. The standard InChI is InChI=1S/C15H21BO5/c1-14(2)15(3,4)21-16(20-14)11-8-6-7-9-12(11)19-10-13(17)18-5/h6-9H,10H2,1-5H3. The van der Waals surface area contributed by atoms with Crippen LogP contribution in [0.1, 0.15) is 27.7 Å². The summed E-state index contributed by atoms with van der Waals surface area (Å²) in [5, 5.41) is 0. The number of ether oxygens (including phenoxy) is 2. The van der Waals surface area contributed by atoms with Gasteiger partial charge in [-0.1, -0.05) is 18.2 Å². The predicted molar refractivity (Wildman–Crippen MR) is 79.7 cm³/mol. The van der Waals surface area contributed by atoms with E-state index in [1.807, 2.05) is 45.9 Å². The van der Waals surface area contributed by atoms with E-state index in [1.54, 1.807) is 6.07 Å². The molecule has 1 aliphatic heterocycles. The van der Waals surface area contributed by atoms with E-state index in [-0.39, 0.29) is 6.61 Å². The lowest BCUT2D eigenvalue weighted by molar-refractivity contribution is -0.142. The van der Waals surface area contributed by atoms with Crippen LogP contribution in [0, 0.1) is 0 Å². The fourth-order valence-corrected chi connectivity index (χ4v) is 1.97. The van der Waals surface area contributed by atoms with Crippen LogP contribution in [-0.2, 0) is 18.8 Å². The van der Waals surface area contributed by atoms with E-state index in [2.05, 4.69) is 4.74 Å². The Bertz CT molecular complexity index is 511. The zero-order chi connectivity index (χ0) is 15.7. The molecule has 1 aromatic rings. The fraction of sp³-hybridized carbons (Fsp3) is 0.533. The second-order valence-corrected chi connectivity index (χ2v) is 5.99. The second kappa shape index (κ2) is 5.69. The molecule has 0 spiro atoms. The molecule has 6 heteroatoms. The number of methoxy groups -OCH3 is 1. The molecular weight excluding hydrogens is 271 g/mol. The van der Waals surface area contributed by atoms with Gasteiger partial charge in [-0.05, 0) is 33.8 Å². The molecule has 1 saturated heterocycles. The third-order valence-electron chi connectivity index (χ3n) is 4.00. The summed E-state index contributed by atoms with van der Waals surface area (Å²) in [7, 11) is 0.801. The zero-order valence-electron chi connectivity index (χ0n) is 13.1. The van der Waals surface area contributed by atoms with Crippen molar-refractivity contribution in [2.75, 3.05) is 13.7 Å². The lowest BCUT2D eigenvalue weighted by Gasteiger charge is -2.32. The van der Waals surface area contributed by atoms with Crippen LogP contribution in [-0.4, -0.2) is 38.0 Å². The maximum absolute atomic E-state index is 11.2. The maximum atomic E-state index is 11.2. The average Bonchev–Trinajstić information content (AvgIpc) is 2.65. The molecule has 0 radical (unpaired) electrons. The highest BCUT2D eigenvalue weighted by Crippen LogP contribution is 2.37.